The van der Waals surface area contributed by atoms with E-state index in [9.17, 15) is 75.7 Å². The molecule has 3 fully saturated rings. The van der Waals surface area contributed by atoms with Crippen molar-refractivity contribution in [1.29, 1.82) is 0 Å². The fourth-order valence-corrected chi connectivity index (χ4v) is 16.1. The van der Waals surface area contributed by atoms with Crippen LogP contribution < -0.4 is 68.2 Å². The third-order valence-electron chi connectivity index (χ3n) is 21.3. The van der Waals surface area contributed by atoms with Crippen molar-refractivity contribution < 1.29 is 138 Å². The van der Waals surface area contributed by atoms with Crippen LogP contribution in [0.15, 0.2) is 97.1 Å². The number of aliphatic carboxylic acids is 1. The van der Waals surface area contributed by atoms with Crippen molar-refractivity contribution in [3.05, 3.63) is 151 Å². The lowest BCUT2D eigenvalue weighted by Gasteiger charge is -2.46. The number of hydrogen-bond donors (Lipinski definition) is 22. The van der Waals surface area contributed by atoms with Gasteiger partial charge in [0.1, 0.15) is 120 Å². The number of ether oxygens (including phenoxy) is 8. The van der Waals surface area contributed by atoms with E-state index in [1.54, 1.807) is 26.0 Å². The maximum absolute atomic E-state index is 16.4. The third-order valence-corrected chi connectivity index (χ3v) is 22.3. The highest BCUT2D eigenvalue weighted by Gasteiger charge is 2.53. The van der Waals surface area contributed by atoms with E-state index in [4.69, 9.17) is 95.8 Å². The number of rotatable bonds is 19. The van der Waals surface area contributed by atoms with Crippen LogP contribution in [-0.2, 0) is 68.6 Å². The van der Waals surface area contributed by atoms with Crippen molar-refractivity contribution >= 4 is 93.7 Å². The van der Waals surface area contributed by atoms with Crippen LogP contribution in [-0.4, -0.2) is 238 Å². The van der Waals surface area contributed by atoms with Gasteiger partial charge in [-0.3, -0.25) is 33.6 Å². The zero-order valence-corrected chi connectivity index (χ0v) is 67.8. The standard InChI is InChI=1S/C79H90Cl4N10O28/c1-28(2)12-42(86-5)70(106)92-58-60(99)32-7-10-46(40(82)16-32)115-48-18-34-19-49(67(48)120-78-65(104)63(102)68(51(27-94)118-78)121-77-64(103)62(101)61(100)50(117-77)26-87-25-30-13-35(80)20-36(81)14-30)116-47-11-8-33(17-41(47)83)66(119-53-24-79(4,85)69(105)29(3)114-53)59-75(111)91-57(76(112)113)39-21-37(95)22-45(97)54(39)38-15-31(6-9-44(38)96)55(72(108)93-59)90-73(109)56(34)89-71(107)43(23-52(84)98)88-74(58)110/h6-11,13-22,28-29,42-43,50-51,53,55-66,68-69,77-78,86-87,94-97,99-105H,12,23-27,85H2,1-5H3,(H2,84,98)(H,88,110)(H,89,107)(H,90,109)(H,91,111)(H,92,106)(H,93,108)(H,112,113)/t29-,42+,43-,50+,51+,53-,55-,56+,57-,58?,59-,60+,61-,62-,63+,64+,65+,66+,68+,69-,77-,78-,79-/m0/s1. The van der Waals surface area contributed by atoms with Gasteiger partial charge in [-0.15, -0.1) is 0 Å². The molecule has 1 unspecified atom stereocenters. The average Bonchev–Trinajstić information content (AvgIpc) is 0.761. The number of halogens is 4. The minimum atomic E-state index is -2.43. The van der Waals surface area contributed by atoms with Gasteiger partial charge in [0.05, 0.1) is 41.3 Å². The Bertz CT molecular complexity index is 4920. The lowest BCUT2D eigenvalue weighted by atomic mass is 9.86. The predicted octanol–water partition coefficient (Wildman–Crippen LogP) is 1.03. The smallest absolute Gasteiger partial charge is 0.330 e. The number of carbonyl (C=O) groups excluding carboxylic acids is 7. The molecule has 3 saturated heterocycles. The molecule has 38 nitrogen and oxygen atoms in total. The van der Waals surface area contributed by atoms with E-state index in [0.29, 0.717) is 15.6 Å². The first-order valence-corrected chi connectivity index (χ1v) is 39.5. The molecule has 6 aromatic carbocycles. The van der Waals surface area contributed by atoms with Gasteiger partial charge in [0, 0.05) is 57.9 Å². The van der Waals surface area contributed by atoms with Crippen LogP contribution in [0.5, 0.6) is 46.0 Å². The predicted molar refractivity (Wildman–Crippen MR) is 423 cm³/mol. The van der Waals surface area contributed by atoms with E-state index >= 15 is 24.0 Å². The van der Waals surface area contributed by atoms with Crippen molar-refractivity contribution in [3.63, 3.8) is 0 Å². The van der Waals surface area contributed by atoms with Gasteiger partial charge in [0.25, 0.3) is 0 Å². The Morgan fingerprint density at radius 1 is 0.645 bits per heavy atom. The Balaban J connectivity index is 1.05. The minimum absolute atomic E-state index is 0.0979. The van der Waals surface area contributed by atoms with E-state index in [1.165, 1.54) is 39.1 Å². The SMILES string of the molecule is CN[C@H](CC(C)C)C(=O)NC1C(=O)N[C@@H](CC(N)=O)C(=O)N[C@H]2C(=O)N[C@@H]3C(=O)N[C@H](C(=O)N[C@H](C(=O)O)c4cc(O)cc(O)c4-c4cc3ccc4O)[C@H](O[C@H]3C[C@](C)(N)[C@@H](O)[C@H](C)O3)c3ccc(c(Cl)c3)Oc3cc2cc(c3O[C@@H]2O[C@H](CO)[C@@H](O[C@@H]3O[C@H](CNCc4cc(Cl)cc(Cl)c4)[C@H](O)[C@H](O)[C@H]3O)[C@H](O)[C@H]2O)Oc2ccc(cc2Cl)[C@H]1O. The number of phenols is 3. The number of nitrogens with two attached hydrogens (primary N) is 2. The number of likely N-dealkylation sites (N-methyl/N-ethyl adjacent to an activating group) is 1. The van der Waals surface area contributed by atoms with Crippen LogP contribution >= 0.6 is 46.4 Å². The maximum atomic E-state index is 16.4. The molecule has 121 heavy (non-hydrogen) atoms. The number of fused-ring (bicyclic) bond motifs is 15. The van der Waals surface area contributed by atoms with Crippen LogP contribution in [0.3, 0.4) is 0 Å². The van der Waals surface area contributed by atoms with Gasteiger partial charge in [-0.1, -0.05) is 78.5 Å². The summed E-state index contributed by atoms with van der Waals surface area (Å²) in [6, 6.07) is 3.64. The van der Waals surface area contributed by atoms with Crippen LogP contribution in [0.25, 0.3) is 11.1 Å². The zero-order chi connectivity index (χ0) is 87.8. The van der Waals surface area contributed by atoms with Gasteiger partial charge in [0.15, 0.2) is 30.1 Å². The molecule has 24 N–H and O–H groups in total. The van der Waals surface area contributed by atoms with Crippen molar-refractivity contribution in [2.75, 3.05) is 20.2 Å². The van der Waals surface area contributed by atoms with E-state index in [2.05, 4.69) is 42.5 Å². The van der Waals surface area contributed by atoms with Gasteiger partial charge < -0.3 is 153 Å². The highest BCUT2D eigenvalue weighted by atomic mass is 35.5. The maximum Gasteiger partial charge on any atom is 0.330 e. The molecule has 11 bridgehead atoms. The molecule has 0 radical (unpaired) electrons. The lowest BCUT2D eigenvalue weighted by Crippen LogP contribution is -2.65. The molecule has 8 aliphatic heterocycles. The second-order valence-corrected chi connectivity index (χ2v) is 32.4. The monoisotopic (exact) mass is 1770 g/mol. The van der Waals surface area contributed by atoms with Gasteiger partial charge >= 0.3 is 5.97 Å². The van der Waals surface area contributed by atoms with Crippen LogP contribution in [0.1, 0.15) is 111 Å². The number of hydrogen-bond acceptors (Lipinski definition) is 30. The fraction of sp³-hybridized carbons (Fsp3) is 0.443. The molecular weight excluding hydrogens is 1680 g/mol. The second-order valence-electron chi connectivity index (χ2n) is 30.7. The average molecular weight is 1770 g/mol. The molecule has 7 amide bonds. The Morgan fingerprint density at radius 3 is 1.88 bits per heavy atom. The molecule has 652 valence electrons. The molecule has 0 spiro atoms. The fourth-order valence-electron chi connectivity index (χ4n) is 15.1. The largest absolute Gasteiger partial charge is 0.508 e. The molecule has 6 aromatic rings. The molecule has 42 heteroatoms. The highest BCUT2D eigenvalue weighted by Crippen LogP contribution is 2.50. The Morgan fingerprint density at radius 2 is 1.26 bits per heavy atom. The number of aliphatic hydroxyl groups excluding tert-OH is 8. The van der Waals surface area contributed by atoms with Gasteiger partial charge in [-0.25, -0.2) is 4.79 Å². The minimum Gasteiger partial charge on any atom is -0.508 e. The summed E-state index contributed by atoms with van der Waals surface area (Å²) in [7, 11) is 1.46. The summed E-state index contributed by atoms with van der Waals surface area (Å²) in [6.45, 7) is 5.27. The molecular formula is C79H90Cl4N10O28. The zero-order valence-electron chi connectivity index (χ0n) is 64.8. The Kier molecular flexibility index (Phi) is 28.2. The van der Waals surface area contributed by atoms with Gasteiger partial charge in [0.2, 0.25) is 53.4 Å². The molecule has 0 saturated carbocycles. The number of phenolic OH excluding ortho intramolecular Hbond substituents is 3. The van der Waals surface area contributed by atoms with Crippen LogP contribution in [0.4, 0.5) is 0 Å². The first-order valence-electron chi connectivity index (χ1n) is 38.0. The summed E-state index contributed by atoms with van der Waals surface area (Å²) in [4.78, 5) is 120. The number of aromatic hydroxyl groups is 3. The number of carbonyl (C=O) groups is 8. The summed E-state index contributed by atoms with van der Waals surface area (Å²) < 4.78 is 51.0. The molecule has 14 rings (SSSR count). The normalized spacial score (nSPS) is 30.4. The first kappa shape index (κ1) is 90.6. The van der Waals surface area contributed by atoms with Gasteiger partial charge in [-0.05, 0) is 134 Å². The van der Waals surface area contributed by atoms with E-state index in [-0.39, 0.29) is 43.0 Å². The molecule has 23 atom stereocenters. The van der Waals surface area contributed by atoms with E-state index in [1.807, 2.05) is 0 Å². The van der Waals surface area contributed by atoms with Crippen LogP contribution in [0.2, 0.25) is 20.1 Å². The summed E-state index contributed by atoms with van der Waals surface area (Å²) in [5, 5.41) is 159. The molecule has 8 aliphatic rings. The quantitative estimate of drug-likeness (QED) is 0.0538. The second kappa shape index (κ2) is 37.6. The molecule has 0 aliphatic carbocycles. The summed E-state index contributed by atoms with van der Waals surface area (Å²) in [5.74, 6) is -16.7. The number of primary amides is 1. The number of benzene rings is 6. The van der Waals surface area contributed by atoms with Crippen molar-refractivity contribution in [3.8, 4) is 57.1 Å². The number of carboxylic acids is 1. The van der Waals surface area contributed by atoms with Gasteiger partial charge in [-0.2, -0.15) is 0 Å². The Hall–Kier alpha value is -9.60. The van der Waals surface area contributed by atoms with Crippen LogP contribution in [0, 0.1) is 5.92 Å². The van der Waals surface area contributed by atoms with Crippen molar-refractivity contribution in [1.82, 2.24) is 42.5 Å². The summed E-state index contributed by atoms with van der Waals surface area (Å²) >= 11 is 26.9. The van der Waals surface area contributed by atoms with Crippen molar-refractivity contribution in [2.24, 2.45) is 17.4 Å². The summed E-state index contributed by atoms with van der Waals surface area (Å²) in [5.41, 5.74) is 8.56. The number of nitrogens with one attached hydrogen (secondary N) is 8. The highest BCUT2D eigenvalue weighted by molar-refractivity contribution is 6.34. The van der Waals surface area contributed by atoms with E-state index < -0.39 is 284 Å². The lowest BCUT2D eigenvalue weighted by molar-refractivity contribution is -0.350. The molecule has 8 heterocycles. The van der Waals surface area contributed by atoms with E-state index in [0.717, 1.165) is 66.7 Å². The number of carboxylic acid groups (broad SMARTS) is 1. The number of amides is 7. The third kappa shape index (κ3) is 20.0. The first-order chi connectivity index (χ1) is 57.2. The topological polar surface area (TPSA) is 601 Å². The molecule has 0 aromatic heterocycles. The Labute approximate surface area is 708 Å². The number of aliphatic hydroxyl groups is 8. The van der Waals surface area contributed by atoms with Crippen molar-refractivity contribution in [2.45, 2.75) is 193 Å². The summed E-state index contributed by atoms with van der Waals surface area (Å²) in [6.07, 6.45) is -29.3.